The molecular formula is C11H15N5. The highest BCUT2D eigenvalue weighted by atomic mass is 15.2. The van der Waals surface area contributed by atoms with E-state index in [0.29, 0.717) is 0 Å². The Bertz CT molecular complexity index is 497. The van der Waals surface area contributed by atoms with E-state index in [-0.39, 0.29) is 6.04 Å². The first kappa shape index (κ1) is 9.59. The van der Waals surface area contributed by atoms with E-state index >= 15 is 0 Å². The Morgan fingerprint density at radius 3 is 3.19 bits per heavy atom. The fraction of sp³-hybridized carbons (Fsp3) is 0.455. The van der Waals surface area contributed by atoms with Crippen LogP contribution in [0.2, 0.25) is 0 Å². The van der Waals surface area contributed by atoms with Gasteiger partial charge in [0.05, 0.1) is 5.69 Å². The lowest BCUT2D eigenvalue weighted by atomic mass is 9.97. The SMILES string of the molecule is Cn1c(-c2ccn[nH]2)nc2c1CCC(N)C2. The van der Waals surface area contributed by atoms with E-state index in [0.717, 1.165) is 36.5 Å². The summed E-state index contributed by atoms with van der Waals surface area (Å²) in [4.78, 5) is 4.65. The second-order valence-electron chi connectivity index (χ2n) is 4.36. The van der Waals surface area contributed by atoms with Gasteiger partial charge in [-0.25, -0.2) is 4.98 Å². The molecule has 0 aliphatic heterocycles. The molecule has 0 fully saturated rings. The lowest BCUT2D eigenvalue weighted by Gasteiger charge is -2.17. The molecule has 0 radical (unpaired) electrons. The first-order valence-corrected chi connectivity index (χ1v) is 5.55. The number of H-pyrrole nitrogens is 1. The third-order valence-electron chi connectivity index (χ3n) is 3.25. The molecule has 5 nitrogen and oxygen atoms in total. The number of fused-ring (bicyclic) bond motifs is 1. The molecule has 3 N–H and O–H groups in total. The molecule has 1 aliphatic rings. The topological polar surface area (TPSA) is 72.5 Å². The van der Waals surface area contributed by atoms with Crippen molar-refractivity contribution >= 4 is 0 Å². The number of hydrogen-bond donors (Lipinski definition) is 2. The van der Waals surface area contributed by atoms with Gasteiger partial charge in [0.25, 0.3) is 0 Å². The van der Waals surface area contributed by atoms with Gasteiger partial charge in [-0.1, -0.05) is 0 Å². The Kier molecular flexibility index (Phi) is 2.07. The highest BCUT2D eigenvalue weighted by Gasteiger charge is 2.22. The molecule has 1 aliphatic carbocycles. The average Bonchev–Trinajstić information content (AvgIpc) is 2.86. The molecule has 0 spiro atoms. The Labute approximate surface area is 93.7 Å². The summed E-state index contributed by atoms with van der Waals surface area (Å²) in [5, 5.41) is 6.91. The van der Waals surface area contributed by atoms with Crippen molar-refractivity contribution < 1.29 is 0 Å². The molecule has 2 heterocycles. The zero-order valence-corrected chi connectivity index (χ0v) is 9.27. The lowest BCUT2D eigenvalue weighted by molar-refractivity contribution is 0.554. The summed E-state index contributed by atoms with van der Waals surface area (Å²) in [5.41, 5.74) is 9.38. The van der Waals surface area contributed by atoms with Crippen molar-refractivity contribution in [2.24, 2.45) is 12.8 Å². The van der Waals surface area contributed by atoms with Crippen LogP contribution in [-0.2, 0) is 19.9 Å². The Balaban J connectivity index is 2.09. The molecular weight excluding hydrogens is 202 g/mol. The minimum atomic E-state index is 0.261. The molecule has 84 valence electrons. The third-order valence-corrected chi connectivity index (χ3v) is 3.25. The van der Waals surface area contributed by atoms with Gasteiger partial charge in [-0.2, -0.15) is 5.10 Å². The predicted octanol–water partition coefficient (Wildman–Crippen LogP) is 0.626. The Hall–Kier alpha value is -1.62. The summed E-state index contributed by atoms with van der Waals surface area (Å²) >= 11 is 0. The number of nitrogens with one attached hydrogen (secondary N) is 1. The number of aromatic nitrogens is 4. The Morgan fingerprint density at radius 1 is 1.56 bits per heavy atom. The summed E-state index contributed by atoms with van der Waals surface area (Å²) in [7, 11) is 2.05. The molecule has 0 amide bonds. The van der Waals surface area contributed by atoms with Crippen molar-refractivity contribution in [2.45, 2.75) is 25.3 Å². The molecule has 1 atom stereocenters. The van der Waals surface area contributed by atoms with Crippen molar-refractivity contribution in [3.8, 4) is 11.5 Å². The van der Waals surface area contributed by atoms with Crippen LogP contribution in [0.15, 0.2) is 12.3 Å². The first-order chi connectivity index (χ1) is 7.75. The molecule has 16 heavy (non-hydrogen) atoms. The van der Waals surface area contributed by atoms with E-state index in [1.165, 1.54) is 5.69 Å². The number of hydrogen-bond acceptors (Lipinski definition) is 3. The van der Waals surface area contributed by atoms with Crippen LogP contribution >= 0.6 is 0 Å². The van der Waals surface area contributed by atoms with Crippen molar-refractivity contribution in [1.29, 1.82) is 0 Å². The van der Waals surface area contributed by atoms with Crippen molar-refractivity contribution in [2.75, 3.05) is 0 Å². The predicted molar refractivity (Wildman–Crippen MR) is 60.8 cm³/mol. The van der Waals surface area contributed by atoms with E-state index in [4.69, 9.17) is 5.73 Å². The van der Waals surface area contributed by atoms with Crippen molar-refractivity contribution in [3.63, 3.8) is 0 Å². The van der Waals surface area contributed by atoms with Crippen molar-refractivity contribution in [3.05, 3.63) is 23.7 Å². The smallest absolute Gasteiger partial charge is 0.158 e. The van der Waals surface area contributed by atoms with Crippen LogP contribution < -0.4 is 5.73 Å². The largest absolute Gasteiger partial charge is 0.330 e. The van der Waals surface area contributed by atoms with E-state index in [1.54, 1.807) is 6.20 Å². The van der Waals surface area contributed by atoms with E-state index < -0.39 is 0 Å². The molecule has 1 unspecified atom stereocenters. The number of rotatable bonds is 1. The molecule has 2 aromatic rings. The van der Waals surface area contributed by atoms with Gasteiger partial charge in [0.1, 0.15) is 5.69 Å². The van der Waals surface area contributed by atoms with Crippen LogP contribution in [0, 0.1) is 0 Å². The zero-order valence-electron chi connectivity index (χ0n) is 9.27. The summed E-state index contributed by atoms with van der Waals surface area (Å²) in [6.07, 6.45) is 4.70. The van der Waals surface area contributed by atoms with Crippen LogP contribution in [0.4, 0.5) is 0 Å². The van der Waals surface area contributed by atoms with E-state index in [2.05, 4.69) is 26.8 Å². The quantitative estimate of drug-likeness (QED) is 0.735. The van der Waals surface area contributed by atoms with E-state index in [1.807, 2.05) is 6.07 Å². The number of nitrogens with zero attached hydrogens (tertiary/aromatic N) is 3. The normalized spacial score (nSPS) is 19.8. The summed E-state index contributed by atoms with van der Waals surface area (Å²) in [6.45, 7) is 0. The highest BCUT2D eigenvalue weighted by Crippen LogP contribution is 2.25. The fourth-order valence-electron chi connectivity index (χ4n) is 2.36. The van der Waals surface area contributed by atoms with Gasteiger partial charge in [-0.3, -0.25) is 5.10 Å². The van der Waals surface area contributed by atoms with Gasteiger partial charge in [0.2, 0.25) is 0 Å². The standard InChI is InChI=1S/C11H15N5/c1-16-10-3-2-7(12)6-9(10)14-11(16)8-4-5-13-15-8/h4-5,7H,2-3,6,12H2,1H3,(H,13,15). The molecule has 0 aromatic carbocycles. The molecule has 0 saturated heterocycles. The zero-order chi connectivity index (χ0) is 11.1. The number of nitrogens with two attached hydrogens (primary N) is 1. The molecule has 2 aromatic heterocycles. The second kappa shape index (κ2) is 3.45. The molecule has 5 heteroatoms. The van der Waals surface area contributed by atoms with Crippen LogP contribution in [0.5, 0.6) is 0 Å². The lowest BCUT2D eigenvalue weighted by Crippen LogP contribution is -2.28. The van der Waals surface area contributed by atoms with Crippen LogP contribution in [0.25, 0.3) is 11.5 Å². The highest BCUT2D eigenvalue weighted by molar-refractivity contribution is 5.51. The van der Waals surface area contributed by atoms with Crippen LogP contribution in [0.3, 0.4) is 0 Å². The maximum absolute atomic E-state index is 5.96. The molecule has 3 rings (SSSR count). The average molecular weight is 217 g/mol. The minimum absolute atomic E-state index is 0.261. The van der Waals surface area contributed by atoms with Crippen LogP contribution in [-0.4, -0.2) is 25.8 Å². The Morgan fingerprint density at radius 2 is 2.44 bits per heavy atom. The second-order valence-corrected chi connectivity index (χ2v) is 4.36. The van der Waals surface area contributed by atoms with Gasteiger partial charge in [-0.05, 0) is 18.9 Å². The van der Waals surface area contributed by atoms with Crippen molar-refractivity contribution in [1.82, 2.24) is 19.7 Å². The van der Waals surface area contributed by atoms with Crippen LogP contribution in [0.1, 0.15) is 17.8 Å². The van der Waals surface area contributed by atoms with Gasteiger partial charge < -0.3 is 10.3 Å². The summed E-state index contributed by atoms with van der Waals surface area (Å²) in [5.74, 6) is 0.955. The summed E-state index contributed by atoms with van der Waals surface area (Å²) in [6, 6.07) is 2.20. The number of aromatic amines is 1. The molecule has 0 bridgehead atoms. The van der Waals surface area contributed by atoms with Gasteiger partial charge in [0, 0.05) is 31.4 Å². The maximum Gasteiger partial charge on any atom is 0.158 e. The fourth-order valence-corrected chi connectivity index (χ4v) is 2.36. The van der Waals surface area contributed by atoms with Gasteiger partial charge in [-0.15, -0.1) is 0 Å². The van der Waals surface area contributed by atoms with Gasteiger partial charge >= 0.3 is 0 Å². The van der Waals surface area contributed by atoms with E-state index in [9.17, 15) is 0 Å². The maximum atomic E-state index is 5.96. The third kappa shape index (κ3) is 1.36. The molecule has 0 saturated carbocycles. The first-order valence-electron chi connectivity index (χ1n) is 5.55. The van der Waals surface area contributed by atoms with Gasteiger partial charge in [0.15, 0.2) is 5.82 Å². The number of imidazole rings is 1. The monoisotopic (exact) mass is 217 g/mol. The summed E-state index contributed by atoms with van der Waals surface area (Å²) < 4.78 is 2.15. The minimum Gasteiger partial charge on any atom is -0.330 e.